The Bertz CT molecular complexity index is 883. The van der Waals surface area contributed by atoms with E-state index in [2.05, 4.69) is 4.99 Å². The molecule has 0 unspecified atom stereocenters. The first-order valence-electron chi connectivity index (χ1n) is 7.17. The number of aromatic nitrogens is 1. The van der Waals surface area contributed by atoms with Crippen molar-refractivity contribution in [2.24, 2.45) is 12.0 Å². The van der Waals surface area contributed by atoms with E-state index >= 15 is 0 Å². The molecule has 24 heavy (non-hydrogen) atoms. The molecule has 3 rings (SSSR count). The SMILES string of the molecule is CN(C1=NC(=O)/C(=C\c2cccn2C)S1)c1ccccc1C(=O)O. The summed E-state index contributed by atoms with van der Waals surface area (Å²) in [6, 6.07) is 10.4. The zero-order valence-electron chi connectivity index (χ0n) is 13.1. The molecule has 122 valence electrons. The van der Waals surface area contributed by atoms with Gasteiger partial charge in [-0.15, -0.1) is 0 Å². The monoisotopic (exact) mass is 341 g/mol. The van der Waals surface area contributed by atoms with Crippen molar-refractivity contribution in [3.8, 4) is 0 Å². The number of carbonyl (C=O) groups excluding carboxylic acids is 1. The molecule has 7 heteroatoms. The van der Waals surface area contributed by atoms with Gasteiger partial charge in [-0.25, -0.2) is 4.79 Å². The lowest BCUT2D eigenvalue weighted by Gasteiger charge is -2.19. The fourth-order valence-corrected chi connectivity index (χ4v) is 3.22. The van der Waals surface area contributed by atoms with Gasteiger partial charge in [-0.1, -0.05) is 12.1 Å². The maximum atomic E-state index is 12.1. The zero-order valence-corrected chi connectivity index (χ0v) is 13.9. The number of aliphatic imine (C=N–C) groups is 1. The van der Waals surface area contributed by atoms with Crippen molar-refractivity contribution in [2.45, 2.75) is 0 Å². The summed E-state index contributed by atoms with van der Waals surface area (Å²) in [5, 5.41) is 9.76. The molecule has 1 aliphatic rings. The predicted molar refractivity (Wildman–Crippen MR) is 95.2 cm³/mol. The molecule has 0 aliphatic carbocycles. The van der Waals surface area contributed by atoms with E-state index in [4.69, 9.17) is 0 Å². The summed E-state index contributed by atoms with van der Waals surface area (Å²) < 4.78 is 1.91. The smallest absolute Gasteiger partial charge is 0.337 e. The summed E-state index contributed by atoms with van der Waals surface area (Å²) in [4.78, 5) is 29.7. The van der Waals surface area contributed by atoms with E-state index in [1.165, 1.54) is 17.8 Å². The maximum absolute atomic E-state index is 12.1. The van der Waals surface area contributed by atoms with Crippen molar-refractivity contribution in [3.63, 3.8) is 0 Å². The van der Waals surface area contributed by atoms with Crippen LogP contribution in [-0.4, -0.2) is 33.8 Å². The number of hydrogen-bond donors (Lipinski definition) is 1. The van der Waals surface area contributed by atoms with Crippen LogP contribution in [0.25, 0.3) is 6.08 Å². The number of carboxylic acids is 1. The van der Waals surface area contributed by atoms with Crippen LogP contribution in [-0.2, 0) is 11.8 Å². The van der Waals surface area contributed by atoms with Gasteiger partial charge in [0, 0.05) is 26.0 Å². The van der Waals surface area contributed by atoms with Gasteiger partial charge in [0.1, 0.15) is 0 Å². The first-order chi connectivity index (χ1) is 11.5. The third-order valence-corrected chi connectivity index (χ3v) is 4.71. The average Bonchev–Trinajstić information content (AvgIpc) is 3.13. The number of para-hydroxylation sites is 1. The van der Waals surface area contributed by atoms with E-state index in [1.807, 2.05) is 29.9 Å². The molecule has 0 saturated heterocycles. The Morgan fingerprint density at radius 2 is 2.04 bits per heavy atom. The lowest BCUT2D eigenvalue weighted by atomic mass is 10.1. The topological polar surface area (TPSA) is 74.9 Å². The molecule has 0 bridgehead atoms. The van der Waals surface area contributed by atoms with Crippen molar-refractivity contribution in [3.05, 3.63) is 58.8 Å². The van der Waals surface area contributed by atoms with Crippen LogP contribution in [0.4, 0.5) is 5.69 Å². The van der Waals surface area contributed by atoms with Crippen molar-refractivity contribution in [1.82, 2.24) is 4.57 Å². The molecule has 0 spiro atoms. The summed E-state index contributed by atoms with van der Waals surface area (Å²) in [5.74, 6) is -1.34. The maximum Gasteiger partial charge on any atom is 0.337 e. The lowest BCUT2D eigenvalue weighted by molar-refractivity contribution is -0.113. The number of amidine groups is 1. The molecule has 6 nitrogen and oxygen atoms in total. The van der Waals surface area contributed by atoms with Crippen LogP contribution in [0.3, 0.4) is 0 Å². The molecule has 1 N–H and O–H groups in total. The van der Waals surface area contributed by atoms with Gasteiger partial charge in [-0.3, -0.25) is 4.79 Å². The average molecular weight is 341 g/mol. The molecule has 0 radical (unpaired) electrons. The summed E-state index contributed by atoms with van der Waals surface area (Å²) in [5.41, 5.74) is 1.55. The summed E-state index contributed by atoms with van der Waals surface area (Å²) in [6.07, 6.45) is 3.67. The van der Waals surface area contributed by atoms with E-state index in [-0.39, 0.29) is 11.5 Å². The van der Waals surface area contributed by atoms with Crippen LogP contribution < -0.4 is 4.90 Å². The third-order valence-electron chi connectivity index (χ3n) is 3.65. The fourth-order valence-electron chi connectivity index (χ4n) is 2.35. The van der Waals surface area contributed by atoms with Crippen molar-refractivity contribution < 1.29 is 14.7 Å². The Kier molecular flexibility index (Phi) is 4.26. The Balaban J connectivity index is 1.88. The fraction of sp³-hybridized carbons (Fsp3) is 0.118. The second-order valence-electron chi connectivity index (χ2n) is 5.24. The Morgan fingerprint density at radius 3 is 2.71 bits per heavy atom. The summed E-state index contributed by atoms with van der Waals surface area (Å²) >= 11 is 1.23. The van der Waals surface area contributed by atoms with Crippen LogP contribution in [0.1, 0.15) is 16.1 Å². The van der Waals surface area contributed by atoms with Crippen LogP contribution in [0.15, 0.2) is 52.5 Å². The molecular weight excluding hydrogens is 326 g/mol. The summed E-state index contributed by atoms with van der Waals surface area (Å²) in [7, 11) is 3.60. The number of thioether (sulfide) groups is 1. The number of aryl methyl sites for hydroxylation is 1. The van der Waals surface area contributed by atoms with E-state index in [0.717, 1.165) is 5.69 Å². The molecule has 1 aromatic carbocycles. The van der Waals surface area contributed by atoms with Gasteiger partial charge in [0.2, 0.25) is 0 Å². The molecule has 0 fully saturated rings. The highest BCUT2D eigenvalue weighted by Crippen LogP contribution is 2.32. The Hall–Kier alpha value is -2.80. The van der Waals surface area contributed by atoms with E-state index < -0.39 is 5.97 Å². The molecule has 0 saturated carbocycles. The minimum atomic E-state index is -1.02. The number of carboxylic acid groups (broad SMARTS) is 1. The number of hydrogen-bond acceptors (Lipinski definition) is 4. The van der Waals surface area contributed by atoms with Crippen molar-refractivity contribution in [1.29, 1.82) is 0 Å². The second-order valence-corrected chi connectivity index (χ2v) is 6.24. The highest BCUT2D eigenvalue weighted by atomic mass is 32.2. The number of rotatable bonds is 3. The molecule has 0 atom stereocenters. The van der Waals surface area contributed by atoms with Crippen LogP contribution in [0, 0.1) is 0 Å². The van der Waals surface area contributed by atoms with Crippen molar-refractivity contribution >= 4 is 40.6 Å². The van der Waals surface area contributed by atoms with Gasteiger partial charge in [-0.2, -0.15) is 4.99 Å². The second kappa shape index (κ2) is 6.37. The minimum Gasteiger partial charge on any atom is -0.478 e. The number of nitrogens with zero attached hydrogens (tertiary/aromatic N) is 3. The zero-order chi connectivity index (χ0) is 17.3. The molecule has 2 aromatic rings. The standard InChI is InChI=1S/C17H15N3O3S/c1-19-9-5-6-11(19)10-14-15(21)18-17(24-14)20(2)13-8-4-3-7-12(13)16(22)23/h3-10H,1-2H3,(H,22,23)/b14-10+. The molecule has 1 aliphatic heterocycles. The van der Waals surface area contributed by atoms with Crippen LogP contribution in [0.5, 0.6) is 0 Å². The first-order valence-corrected chi connectivity index (χ1v) is 7.99. The van der Waals surface area contributed by atoms with Gasteiger partial charge in [0.25, 0.3) is 5.91 Å². The van der Waals surface area contributed by atoms with Crippen LogP contribution >= 0.6 is 11.8 Å². The molecular formula is C17H15N3O3S. The largest absolute Gasteiger partial charge is 0.478 e. The third kappa shape index (κ3) is 2.98. The minimum absolute atomic E-state index is 0.163. The number of benzene rings is 1. The Morgan fingerprint density at radius 1 is 1.29 bits per heavy atom. The first kappa shape index (κ1) is 16.1. The van der Waals surface area contributed by atoms with E-state index in [0.29, 0.717) is 15.8 Å². The number of anilines is 1. The number of amides is 1. The predicted octanol–water partition coefficient (Wildman–Crippen LogP) is 2.83. The normalized spacial score (nSPS) is 15.7. The van der Waals surface area contributed by atoms with Gasteiger partial charge in [-0.05, 0) is 42.1 Å². The molecule has 1 aromatic heterocycles. The van der Waals surface area contributed by atoms with Gasteiger partial charge in [0.15, 0.2) is 5.17 Å². The molecule has 1 amide bonds. The summed E-state index contributed by atoms with van der Waals surface area (Å²) in [6.45, 7) is 0. The van der Waals surface area contributed by atoms with Gasteiger partial charge in [0.05, 0.1) is 16.2 Å². The van der Waals surface area contributed by atoms with Gasteiger partial charge >= 0.3 is 5.97 Å². The molecule has 2 heterocycles. The highest BCUT2D eigenvalue weighted by molar-refractivity contribution is 8.18. The lowest BCUT2D eigenvalue weighted by Crippen LogP contribution is -2.24. The highest BCUT2D eigenvalue weighted by Gasteiger charge is 2.27. The van der Waals surface area contributed by atoms with Crippen LogP contribution in [0.2, 0.25) is 0 Å². The van der Waals surface area contributed by atoms with E-state index in [1.54, 1.807) is 36.2 Å². The number of aromatic carboxylic acids is 1. The quantitative estimate of drug-likeness (QED) is 0.869. The van der Waals surface area contributed by atoms with Gasteiger partial charge < -0.3 is 14.6 Å². The van der Waals surface area contributed by atoms with E-state index in [9.17, 15) is 14.7 Å². The number of carbonyl (C=O) groups is 2. The Labute approximate surface area is 143 Å². The van der Waals surface area contributed by atoms with Crippen molar-refractivity contribution in [2.75, 3.05) is 11.9 Å².